The van der Waals surface area contributed by atoms with Gasteiger partial charge < -0.3 is 16.4 Å². The maximum absolute atomic E-state index is 11.4. The number of nitrogens with one attached hydrogen (secondary N) is 2. The van der Waals surface area contributed by atoms with E-state index in [0.29, 0.717) is 23.5 Å². The quantitative estimate of drug-likeness (QED) is 0.527. The van der Waals surface area contributed by atoms with Gasteiger partial charge in [-0.25, -0.2) is 0 Å². The molecule has 100 valence electrons. The number of amides is 1. The number of hydrogen-bond donors (Lipinski definition) is 3. The van der Waals surface area contributed by atoms with Gasteiger partial charge in [0.05, 0.1) is 11.4 Å². The van der Waals surface area contributed by atoms with E-state index in [9.17, 15) is 9.00 Å². The molecular weight excluding hydrogens is 250 g/mol. The second kappa shape index (κ2) is 7.00. The Bertz CT molecular complexity index is 449. The molecule has 1 aromatic rings. The van der Waals surface area contributed by atoms with Crippen LogP contribution in [0.4, 0.5) is 11.4 Å². The van der Waals surface area contributed by atoms with Crippen LogP contribution < -0.4 is 16.4 Å². The van der Waals surface area contributed by atoms with E-state index in [1.807, 2.05) is 0 Å². The summed E-state index contributed by atoms with van der Waals surface area (Å²) >= 11 is 0. The predicted octanol–water partition coefficient (Wildman–Crippen LogP) is 0.809. The van der Waals surface area contributed by atoms with E-state index in [-0.39, 0.29) is 5.91 Å². The molecule has 0 bridgehead atoms. The number of carbonyl (C=O) groups is 1. The second-order valence-corrected chi connectivity index (χ2v) is 5.49. The van der Waals surface area contributed by atoms with Gasteiger partial charge in [0.1, 0.15) is 0 Å². The fourth-order valence-corrected chi connectivity index (χ4v) is 2.06. The number of benzene rings is 1. The van der Waals surface area contributed by atoms with Crippen LogP contribution in [-0.4, -0.2) is 35.7 Å². The Morgan fingerprint density at radius 1 is 1.44 bits per heavy atom. The van der Waals surface area contributed by atoms with Crippen LogP contribution in [0.2, 0.25) is 0 Å². The van der Waals surface area contributed by atoms with Crippen molar-refractivity contribution in [2.45, 2.75) is 6.42 Å². The Kier molecular flexibility index (Phi) is 5.64. The van der Waals surface area contributed by atoms with E-state index in [2.05, 4.69) is 10.6 Å². The minimum atomic E-state index is -0.764. The second-order valence-electron chi connectivity index (χ2n) is 3.94. The summed E-state index contributed by atoms with van der Waals surface area (Å²) in [5.74, 6) is 0.512. The first-order valence-corrected chi connectivity index (χ1v) is 7.43. The van der Waals surface area contributed by atoms with Gasteiger partial charge in [-0.3, -0.25) is 9.00 Å². The zero-order valence-corrected chi connectivity index (χ0v) is 11.5. The number of nitrogens with two attached hydrogens (primary N) is 1. The molecule has 0 radical (unpaired) electrons. The van der Waals surface area contributed by atoms with Crippen molar-refractivity contribution in [1.29, 1.82) is 0 Å². The highest BCUT2D eigenvalue weighted by Crippen LogP contribution is 2.19. The molecule has 1 unspecified atom stereocenters. The summed E-state index contributed by atoms with van der Waals surface area (Å²) in [5.41, 5.74) is 7.72. The number of hydrogen-bond acceptors (Lipinski definition) is 4. The lowest BCUT2D eigenvalue weighted by molar-refractivity contribution is 0.0963. The fraction of sp³-hybridized carbons (Fsp3) is 0.417. The summed E-state index contributed by atoms with van der Waals surface area (Å²) in [7, 11) is 0.815. The van der Waals surface area contributed by atoms with Crippen molar-refractivity contribution in [3.63, 3.8) is 0 Å². The zero-order valence-electron chi connectivity index (χ0n) is 10.7. The van der Waals surface area contributed by atoms with Gasteiger partial charge in [0.25, 0.3) is 5.91 Å². The van der Waals surface area contributed by atoms with Crippen LogP contribution in [0.15, 0.2) is 18.2 Å². The van der Waals surface area contributed by atoms with Crippen LogP contribution in [0.25, 0.3) is 0 Å². The van der Waals surface area contributed by atoms with Crippen LogP contribution in [0, 0.1) is 0 Å². The highest BCUT2D eigenvalue weighted by molar-refractivity contribution is 7.84. The molecule has 1 amide bonds. The molecule has 0 heterocycles. The summed E-state index contributed by atoms with van der Waals surface area (Å²) in [4.78, 5) is 11.4. The van der Waals surface area contributed by atoms with Crippen molar-refractivity contribution in [3.05, 3.63) is 23.8 Å². The average Bonchev–Trinajstić information content (AvgIpc) is 2.34. The maximum atomic E-state index is 11.4. The monoisotopic (exact) mass is 269 g/mol. The highest BCUT2D eigenvalue weighted by Gasteiger charge is 2.06. The van der Waals surface area contributed by atoms with E-state index < -0.39 is 10.8 Å². The van der Waals surface area contributed by atoms with Gasteiger partial charge in [-0.05, 0) is 24.6 Å². The van der Waals surface area contributed by atoms with Crippen molar-refractivity contribution in [2.75, 3.05) is 36.7 Å². The van der Waals surface area contributed by atoms with E-state index in [4.69, 9.17) is 5.73 Å². The lowest BCUT2D eigenvalue weighted by Crippen LogP contribution is -2.18. The molecule has 1 rings (SSSR count). The molecule has 0 aliphatic carbocycles. The third-order valence-corrected chi connectivity index (χ3v) is 3.33. The summed E-state index contributed by atoms with van der Waals surface area (Å²) in [5, 5.41) is 5.71. The molecule has 0 spiro atoms. The van der Waals surface area contributed by atoms with E-state index in [1.54, 1.807) is 31.5 Å². The van der Waals surface area contributed by atoms with Crippen molar-refractivity contribution in [1.82, 2.24) is 5.32 Å². The first kappa shape index (κ1) is 14.5. The standard InChI is InChI=1S/C12H19N3O2S/c1-14-12(16)9-4-5-11(10(13)8-9)15-6-3-7-18(2)17/h4-5,8,15H,3,6-7,13H2,1-2H3,(H,14,16). The van der Waals surface area contributed by atoms with Crippen molar-refractivity contribution in [3.8, 4) is 0 Å². The number of anilines is 2. The Hall–Kier alpha value is -1.56. The van der Waals surface area contributed by atoms with E-state index in [0.717, 1.165) is 12.1 Å². The molecule has 0 fully saturated rings. The van der Waals surface area contributed by atoms with Gasteiger partial charge in [-0.15, -0.1) is 0 Å². The van der Waals surface area contributed by atoms with Gasteiger partial charge >= 0.3 is 0 Å². The molecule has 5 nitrogen and oxygen atoms in total. The summed E-state index contributed by atoms with van der Waals surface area (Å²) in [6.45, 7) is 0.711. The van der Waals surface area contributed by atoms with Crippen molar-refractivity contribution in [2.24, 2.45) is 0 Å². The average molecular weight is 269 g/mol. The third-order valence-electron chi connectivity index (χ3n) is 2.46. The first-order valence-electron chi connectivity index (χ1n) is 5.70. The number of rotatable bonds is 6. The Balaban J connectivity index is 2.57. The topological polar surface area (TPSA) is 84.2 Å². The largest absolute Gasteiger partial charge is 0.397 e. The van der Waals surface area contributed by atoms with Gasteiger partial charge in [-0.1, -0.05) is 0 Å². The fourth-order valence-electron chi connectivity index (χ4n) is 1.51. The van der Waals surface area contributed by atoms with Crippen molar-refractivity contribution >= 4 is 28.1 Å². The van der Waals surface area contributed by atoms with Gasteiger partial charge in [0, 0.05) is 42.0 Å². The Morgan fingerprint density at radius 3 is 2.72 bits per heavy atom. The molecule has 0 aliphatic rings. The van der Waals surface area contributed by atoms with Gasteiger partial charge in [-0.2, -0.15) is 0 Å². The summed E-state index contributed by atoms with van der Waals surface area (Å²) in [6, 6.07) is 5.14. The molecular formula is C12H19N3O2S. The third kappa shape index (κ3) is 4.37. The van der Waals surface area contributed by atoms with Gasteiger partial charge in [0.2, 0.25) is 0 Å². The van der Waals surface area contributed by atoms with Crippen LogP contribution in [0.5, 0.6) is 0 Å². The molecule has 0 saturated heterocycles. The van der Waals surface area contributed by atoms with Crippen LogP contribution >= 0.6 is 0 Å². The predicted molar refractivity (Wildman–Crippen MR) is 76.3 cm³/mol. The minimum Gasteiger partial charge on any atom is -0.397 e. The zero-order chi connectivity index (χ0) is 13.5. The molecule has 1 aromatic carbocycles. The van der Waals surface area contributed by atoms with Crippen LogP contribution in [0.1, 0.15) is 16.8 Å². The summed E-state index contributed by atoms with van der Waals surface area (Å²) in [6.07, 6.45) is 2.51. The Labute approximate surface area is 110 Å². The molecule has 0 aromatic heterocycles. The smallest absolute Gasteiger partial charge is 0.251 e. The van der Waals surface area contributed by atoms with E-state index >= 15 is 0 Å². The molecule has 4 N–H and O–H groups in total. The number of carbonyl (C=O) groups excluding carboxylic acids is 1. The normalized spacial score (nSPS) is 11.9. The van der Waals surface area contributed by atoms with Crippen LogP contribution in [0.3, 0.4) is 0 Å². The van der Waals surface area contributed by atoms with Gasteiger partial charge in [0.15, 0.2) is 0 Å². The lowest BCUT2D eigenvalue weighted by Gasteiger charge is -2.10. The van der Waals surface area contributed by atoms with Crippen LogP contribution in [-0.2, 0) is 10.8 Å². The minimum absolute atomic E-state index is 0.158. The maximum Gasteiger partial charge on any atom is 0.251 e. The molecule has 1 atom stereocenters. The molecule has 18 heavy (non-hydrogen) atoms. The SMILES string of the molecule is CNC(=O)c1ccc(NCCCS(C)=O)c(N)c1. The number of nitrogen functional groups attached to an aromatic ring is 1. The summed E-state index contributed by atoms with van der Waals surface area (Å²) < 4.78 is 10.9. The molecule has 6 heteroatoms. The Morgan fingerprint density at radius 2 is 2.17 bits per heavy atom. The highest BCUT2D eigenvalue weighted by atomic mass is 32.2. The first-order chi connectivity index (χ1) is 8.54. The van der Waals surface area contributed by atoms with Crippen molar-refractivity contribution < 1.29 is 9.00 Å². The molecule has 0 aliphatic heterocycles. The lowest BCUT2D eigenvalue weighted by atomic mass is 10.1. The van der Waals surface area contributed by atoms with E-state index in [1.165, 1.54) is 0 Å². The molecule has 0 saturated carbocycles.